The monoisotopic (exact) mass is 401 g/mol. The highest BCUT2D eigenvalue weighted by atomic mass is 32.2. The molecule has 0 aromatic heterocycles. The van der Waals surface area contributed by atoms with Gasteiger partial charge in [0.05, 0.1) is 0 Å². The number of thioether (sulfide) groups is 1. The highest BCUT2D eigenvalue weighted by Crippen LogP contribution is 2.17. The Kier molecular flexibility index (Phi) is 15.0. The molecular weight excluding hydrogens is 366 g/mol. The van der Waals surface area contributed by atoms with Crippen LogP contribution in [0.4, 0.5) is 0 Å². The van der Waals surface area contributed by atoms with E-state index in [0.717, 1.165) is 49.5 Å². The van der Waals surface area contributed by atoms with Crippen molar-refractivity contribution in [1.29, 1.82) is 0 Å². The first-order valence-electron chi connectivity index (χ1n) is 8.17. The molecule has 24 heavy (non-hydrogen) atoms. The van der Waals surface area contributed by atoms with Gasteiger partial charge in [-0.2, -0.15) is 11.8 Å². The van der Waals surface area contributed by atoms with Gasteiger partial charge < -0.3 is 31.9 Å². The van der Waals surface area contributed by atoms with E-state index < -0.39 is 17.6 Å². The lowest BCUT2D eigenvalue weighted by atomic mass is 10.5. The third kappa shape index (κ3) is 9.27. The van der Waals surface area contributed by atoms with Crippen LogP contribution in [0.3, 0.4) is 0 Å². The fraction of sp³-hybridized carbons (Fsp3) is 1.00. The molecule has 0 aromatic carbocycles. The number of rotatable bonds is 17. The summed E-state index contributed by atoms with van der Waals surface area (Å²) < 4.78 is 32.4. The van der Waals surface area contributed by atoms with Crippen LogP contribution in [0.15, 0.2) is 0 Å². The molecule has 0 fully saturated rings. The number of nitrogens with one attached hydrogen (secondary N) is 1. The van der Waals surface area contributed by atoms with Crippen LogP contribution in [0.5, 0.6) is 0 Å². The van der Waals surface area contributed by atoms with E-state index in [1.165, 1.54) is 0 Å². The van der Waals surface area contributed by atoms with Crippen molar-refractivity contribution in [3.05, 3.63) is 0 Å². The van der Waals surface area contributed by atoms with Crippen LogP contribution < -0.4 is 5.32 Å². The molecule has 0 bridgehead atoms. The highest BCUT2D eigenvalue weighted by Gasteiger charge is 2.37. The molecule has 0 saturated carbocycles. The molecule has 0 aliphatic heterocycles. The van der Waals surface area contributed by atoms with Crippen molar-refractivity contribution >= 4 is 29.4 Å². The Morgan fingerprint density at radius 3 is 1.54 bits per heavy atom. The van der Waals surface area contributed by atoms with Crippen LogP contribution in [0.25, 0.3) is 0 Å². The minimum absolute atomic E-state index is 0.828. The summed E-state index contributed by atoms with van der Waals surface area (Å²) in [5.74, 6) is 2.17. The summed E-state index contributed by atoms with van der Waals surface area (Å²) in [6.45, 7) is 1.94. The van der Waals surface area contributed by atoms with Gasteiger partial charge in [0.15, 0.2) is 0 Å². The third-order valence-electron chi connectivity index (χ3n) is 3.90. The molecule has 0 aliphatic rings. The second-order valence-corrected chi connectivity index (χ2v) is 12.6. The van der Waals surface area contributed by atoms with Crippen molar-refractivity contribution in [2.75, 3.05) is 67.3 Å². The van der Waals surface area contributed by atoms with Gasteiger partial charge in [-0.3, -0.25) is 0 Å². The smallest absolute Gasteiger partial charge is 0.377 e. The van der Waals surface area contributed by atoms with E-state index in [-0.39, 0.29) is 0 Å². The van der Waals surface area contributed by atoms with Crippen molar-refractivity contribution < 1.29 is 26.6 Å². The summed E-state index contributed by atoms with van der Waals surface area (Å²) in [5, 5.41) is 3.44. The average Bonchev–Trinajstić information content (AvgIpc) is 2.64. The molecule has 0 spiro atoms. The Labute approximate surface area is 153 Å². The van der Waals surface area contributed by atoms with E-state index in [1.54, 1.807) is 42.7 Å². The van der Waals surface area contributed by atoms with Gasteiger partial charge in [-0.25, -0.2) is 0 Å². The van der Waals surface area contributed by atoms with Crippen LogP contribution in [0.1, 0.15) is 12.8 Å². The summed E-state index contributed by atoms with van der Waals surface area (Å²) in [7, 11) is 5.12. The lowest BCUT2D eigenvalue weighted by molar-refractivity contribution is 0.122. The predicted molar refractivity (Wildman–Crippen MR) is 103 cm³/mol. The number of hydrogen-bond donors (Lipinski definition) is 1. The van der Waals surface area contributed by atoms with Crippen LogP contribution >= 0.6 is 11.8 Å². The average molecular weight is 402 g/mol. The standard InChI is InChI=1S/C14H35NO6SSi2/c1-16-23(17-2,18-3)13-7-9-15-10-12-22-11-8-14-24(19-4,20-5)21-6/h15H,7-14H2,1-6H3. The van der Waals surface area contributed by atoms with Gasteiger partial charge in [0.25, 0.3) is 0 Å². The third-order valence-corrected chi connectivity index (χ3v) is 10.6. The van der Waals surface area contributed by atoms with E-state index in [0.29, 0.717) is 0 Å². The molecule has 0 heterocycles. The maximum Gasteiger partial charge on any atom is 0.500 e. The first kappa shape index (κ1) is 24.5. The fourth-order valence-electron chi connectivity index (χ4n) is 2.30. The fourth-order valence-corrected chi connectivity index (χ4v) is 6.85. The normalized spacial score (nSPS) is 12.8. The van der Waals surface area contributed by atoms with Gasteiger partial charge >= 0.3 is 17.6 Å². The van der Waals surface area contributed by atoms with Gasteiger partial charge in [-0.15, -0.1) is 0 Å². The zero-order chi connectivity index (χ0) is 18.3. The minimum Gasteiger partial charge on any atom is -0.377 e. The van der Waals surface area contributed by atoms with E-state index >= 15 is 0 Å². The first-order chi connectivity index (χ1) is 11.6. The van der Waals surface area contributed by atoms with Crippen LogP contribution in [-0.2, 0) is 26.6 Å². The number of hydrogen-bond acceptors (Lipinski definition) is 8. The largest absolute Gasteiger partial charge is 0.500 e. The molecule has 1 N–H and O–H groups in total. The van der Waals surface area contributed by atoms with E-state index in [9.17, 15) is 0 Å². The summed E-state index contributed by atoms with van der Waals surface area (Å²) >= 11 is 1.93. The molecule has 7 nitrogen and oxygen atoms in total. The highest BCUT2D eigenvalue weighted by molar-refractivity contribution is 7.99. The molecule has 0 aromatic rings. The summed E-state index contributed by atoms with van der Waals surface area (Å²) in [6, 6.07) is 1.68. The molecule has 0 unspecified atom stereocenters. The molecule has 10 heteroatoms. The lowest BCUT2D eigenvalue weighted by Gasteiger charge is -2.24. The Morgan fingerprint density at radius 1 is 0.625 bits per heavy atom. The predicted octanol–water partition coefficient (Wildman–Crippen LogP) is 1.85. The second-order valence-electron chi connectivity index (χ2n) is 5.16. The molecule has 0 atom stereocenters. The van der Waals surface area contributed by atoms with Crippen LogP contribution in [-0.4, -0.2) is 84.9 Å². The van der Waals surface area contributed by atoms with E-state index in [1.807, 2.05) is 11.8 Å². The molecule has 0 radical (unpaired) electrons. The summed E-state index contributed by atoms with van der Waals surface area (Å²) in [4.78, 5) is 0. The molecular formula is C14H35NO6SSi2. The van der Waals surface area contributed by atoms with Gasteiger partial charge in [0, 0.05) is 67.0 Å². The first-order valence-corrected chi connectivity index (χ1v) is 13.2. The van der Waals surface area contributed by atoms with Crippen molar-refractivity contribution in [2.24, 2.45) is 0 Å². The maximum atomic E-state index is 5.41. The molecule has 0 rings (SSSR count). The van der Waals surface area contributed by atoms with E-state index in [2.05, 4.69) is 5.32 Å². The quantitative estimate of drug-likeness (QED) is 0.293. The molecule has 0 saturated heterocycles. The van der Waals surface area contributed by atoms with Crippen LogP contribution in [0, 0.1) is 0 Å². The van der Waals surface area contributed by atoms with Crippen molar-refractivity contribution in [3.63, 3.8) is 0 Å². The Bertz CT molecular complexity index is 252. The van der Waals surface area contributed by atoms with Gasteiger partial charge in [0.2, 0.25) is 0 Å². The molecule has 0 aliphatic carbocycles. The van der Waals surface area contributed by atoms with Crippen molar-refractivity contribution in [3.8, 4) is 0 Å². The Hall–Kier alpha value is 0.504. The minimum atomic E-state index is -2.41. The van der Waals surface area contributed by atoms with Crippen LogP contribution in [0.2, 0.25) is 12.1 Å². The van der Waals surface area contributed by atoms with Gasteiger partial charge in [-0.1, -0.05) is 0 Å². The molecule has 146 valence electrons. The summed E-state index contributed by atoms with van der Waals surface area (Å²) in [5.41, 5.74) is 0. The SMILES string of the molecule is CO[Si](CCCNCCSCCC[Si](OC)(OC)OC)(OC)OC. The Balaban J connectivity index is 3.58. The van der Waals surface area contributed by atoms with Gasteiger partial charge in [-0.05, 0) is 25.1 Å². The molecule has 0 amide bonds. The zero-order valence-electron chi connectivity index (χ0n) is 16.0. The zero-order valence-corrected chi connectivity index (χ0v) is 18.8. The maximum absolute atomic E-state index is 5.41. The summed E-state index contributed by atoms with van der Waals surface area (Å²) in [6.07, 6.45) is 2.02. The topological polar surface area (TPSA) is 67.4 Å². The lowest BCUT2D eigenvalue weighted by Crippen LogP contribution is -2.43. The second kappa shape index (κ2) is 14.7. The van der Waals surface area contributed by atoms with Crippen molar-refractivity contribution in [1.82, 2.24) is 5.32 Å². The van der Waals surface area contributed by atoms with Gasteiger partial charge in [0.1, 0.15) is 0 Å². The Morgan fingerprint density at radius 2 is 1.08 bits per heavy atom. The van der Waals surface area contributed by atoms with E-state index in [4.69, 9.17) is 26.6 Å². The van der Waals surface area contributed by atoms with Crippen molar-refractivity contribution in [2.45, 2.75) is 24.9 Å².